The summed E-state index contributed by atoms with van der Waals surface area (Å²) < 4.78 is 17.8. The Morgan fingerprint density at radius 1 is 1.23 bits per heavy atom. The molecule has 1 N–H and O–H groups in total. The lowest BCUT2D eigenvalue weighted by Crippen LogP contribution is -2.47. The van der Waals surface area contributed by atoms with Gasteiger partial charge in [0, 0.05) is 26.2 Å². The summed E-state index contributed by atoms with van der Waals surface area (Å²) in [7, 11) is 0. The Bertz CT molecular complexity index is 657. The van der Waals surface area contributed by atoms with Gasteiger partial charge in [-0.3, -0.25) is 0 Å². The van der Waals surface area contributed by atoms with Crippen LogP contribution in [0.2, 0.25) is 0 Å². The number of benzene rings is 1. The van der Waals surface area contributed by atoms with Crippen molar-refractivity contribution in [3.05, 3.63) is 29.8 Å². The summed E-state index contributed by atoms with van der Waals surface area (Å²) in [6.45, 7) is 12.2. The second-order valence-electron chi connectivity index (χ2n) is 8.43. The van der Waals surface area contributed by atoms with Crippen molar-refractivity contribution >= 4 is 29.9 Å². The lowest BCUT2D eigenvalue weighted by Gasteiger charge is -2.34. The fraction of sp³-hybridized carbons (Fsp3) is 0.708. The molecular formula is C24H40IN3O3. The standard InChI is InChI=1S/C24H39N3O3.HI/c1-4-25-24(26-13-17-29-23-10-6-5-9-22(23)19(2)3)27-14-11-20(12-15-27)30-18-21-8-7-16-28-21;/h5-6,9-10,19-21H,4,7-8,11-18H2,1-3H3,(H,25,26);1H. The predicted molar refractivity (Wildman–Crippen MR) is 137 cm³/mol. The van der Waals surface area contributed by atoms with E-state index in [1.54, 1.807) is 0 Å². The third-order valence-electron chi connectivity index (χ3n) is 5.77. The second-order valence-corrected chi connectivity index (χ2v) is 8.43. The fourth-order valence-corrected chi connectivity index (χ4v) is 4.08. The van der Waals surface area contributed by atoms with E-state index in [1.807, 2.05) is 12.1 Å². The predicted octanol–water partition coefficient (Wildman–Crippen LogP) is 4.43. The zero-order valence-corrected chi connectivity index (χ0v) is 21.7. The summed E-state index contributed by atoms with van der Waals surface area (Å²) >= 11 is 0. The number of nitrogens with zero attached hydrogens (tertiary/aromatic N) is 2. The molecule has 1 aromatic rings. The van der Waals surface area contributed by atoms with Gasteiger partial charge in [-0.1, -0.05) is 32.0 Å². The monoisotopic (exact) mass is 545 g/mol. The molecule has 31 heavy (non-hydrogen) atoms. The molecule has 0 radical (unpaired) electrons. The van der Waals surface area contributed by atoms with E-state index in [9.17, 15) is 0 Å². The van der Waals surface area contributed by atoms with Crippen LogP contribution < -0.4 is 10.1 Å². The molecule has 2 aliphatic rings. The number of guanidine groups is 1. The highest BCUT2D eigenvalue weighted by Crippen LogP contribution is 2.25. The van der Waals surface area contributed by atoms with Crippen LogP contribution in [0.1, 0.15) is 57.9 Å². The number of halogens is 1. The minimum Gasteiger partial charge on any atom is -0.491 e. The van der Waals surface area contributed by atoms with Gasteiger partial charge in [-0.15, -0.1) is 24.0 Å². The Morgan fingerprint density at radius 3 is 2.68 bits per heavy atom. The number of hydrogen-bond donors (Lipinski definition) is 1. The maximum absolute atomic E-state index is 6.10. The second kappa shape index (κ2) is 14.2. The highest BCUT2D eigenvalue weighted by molar-refractivity contribution is 14.0. The first-order chi connectivity index (χ1) is 14.7. The van der Waals surface area contributed by atoms with E-state index >= 15 is 0 Å². The molecule has 0 spiro atoms. The van der Waals surface area contributed by atoms with Crippen molar-refractivity contribution in [3.63, 3.8) is 0 Å². The minimum absolute atomic E-state index is 0. The molecular weight excluding hydrogens is 505 g/mol. The SMILES string of the molecule is CCNC(=NCCOc1ccccc1C(C)C)N1CCC(OCC2CCCO2)CC1.I. The lowest BCUT2D eigenvalue weighted by atomic mass is 10.0. The van der Waals surface area contributed by atoms with Crippen LogP contribution in [0.4, 0.5) is 0 Å². The summed E-state index contributed by atoms with van der Waals surface area (Å²) in [6.07, 6.45) is 5.03. The van der Waals surface area contributed by atoms with Gasteiger partial charge < -0.3 is 24.4 Å². The molecule has 0 aromatic heterocycles. The highest BCUT2D eigenvalue weighted by atomic mass is 127. The van der Waals surface area contributed by atoms with Crippen molar-refractivity contribution < 1.29 is 14.2 Å². The molecule has 2 aliphatic heterocycles. The average Bonchev–Trinajstić information content (AvgIpc) is 3.29. The molecule has 1 aromatic carbocycles. The van der Waals surface area contributed by atoms with Crippen molar-refractivity contribution in [3.8, 4) is 5.75 Å². The molecule has 176 valence electrons. The summed E-state index contributed by atoms with van der Waals surface area (Å²) in [5.41, 5.74) is 1.25. The van der Waals surface area contributed by atoms with Gasteiger partial charge in [0.05, 0.1) is 25.4 Å². The maximum Gasteiger partial charge on any atom is 0.194 e. The van der Waals surface area contributed by atoms with Gasteiger partial charge in [-0.25, -0.2) is 4.99 Å². The van der Waals surface area contributed by atoms with Crippen LogP contribution in [-0.2, 0) is 9.47 Å². The Balaban J connectivity index is 0.00000341. The van der Waals surface area contributed by atoms with E-state index in [0.717, 1.165) is 63.8 Å². The van der Waals surface area contributed by atoms with E-state index in [1.165, 1.54) is 12.0 Å². The zero-order valence-electron chi connectivity index (χ0n) is 19.3. The van der Waals surface area contributed by atoms with Crippen molar-refractivity contribution in [2.45, 2.75) is 64.6 Å². The maximum atomic E-state index is 6.10. The zero-order chi connectivity index (χ0) is 21.2. The number of ether oxygens (including phenoxy) is 3. The number of likely N-dealkylation sites (tertiary alicyclic amines) is 1. The smallest absolute Gasteiger partial charge is 0.194 e. The van der Waals surface area contributed by atoms with Crippen molar-refractivity contribution in [2.24, 2.45) is 4.99 Å². The van der Waals surface area contributed by atoms with Crippen LogP contribution in [0.3, 0.4) is 0 Å². The molecule has 1 atom stereocenters. The third kappa shape index (κ3) is 8.42. The van der Waals surface area contributed by atoms with Gasteiger partial charge in [-0.2, -0.15) is 0 Å². The lowest BCUT2D eigenvalue weighted by molar-refractivity contribution is -0.0367. The Kier molecular flexibility index (Phi) is 12.0. The normalized spacial score (nSPS) is 20.1. The van der Waals surface area contributed by atoms with E-state index < -0.39 is 0 Å². The number of piperidine rings is 1. The number of rotatable bonds is 9. The molecule has 0 aliphatic carbocycles. The van der Waals surface area contributed by atoms with Gasteiger partial charge in [-0.05, 0) is 50.2 Å². The minimum atomic E-state index is 0. The Hall–Kier alpha value is -1.06. The fourth-order valence-electron chi connectivity index (χ4n) is 4.08. The van der Waals surface area contributed by atoms with Gasteiger partial charge in [0.2, 0.25) is 0 Å². The first-order valence-corrected chi connectivity index (χ1v) is 11.7. The first kappa shape index (κ1) is 26.2. The van der Waals surface area contributed by atoms with E-state index in [2.05, 4.69) is 43.1 Å². The number of aliphatic imine (C=N–C) groups is 1. The molecule has 2 saturated heterocycles. The van der Waals surface area contributed by atoms with E-state index in [-0.39, 0.29) is 24.0 Å². The van der Waals surface area contributed by atoms with Crippen LogP contribution in [0.25, 0.3) is 0 Å². The molecule has 3 rings (SSSR count). The number of nitrogens with one attached hydrogen (secondary N) is 1. The van der Waals surface area contributed by atoms with Crippen LogP contribution in [0.5, 0.6) is 5.75 Å². The van der Waals surface area contributed by atoms with Crippen LogP contribution >= 0.6 is 24.0 Å². The van der Waals surface area contributed by atoms with Crippen molar-refractivity contribution in [1.29, 1.82) is 0 Å². The Labute approximate surface area is 205 Å². The average molecular weight is 546 g/mol. The summed E-state index contributed by atoms with van der Waals surface area (Å²) in [5.74, 6) is 2.40. The van der Waals surface area contributed by atoms with Crippen molar-refractivity contribution in [2.75, 3.05) is 46.0 Å². The summed E-state index contributed by atoms with van der Waals surface area (Å²) in [4.78, 5) is 7.15. The van der Waals surface area contributed by atoms with Crippen LogP contribution in [0.15, 0.2) is 29.3 Å². The molecule has 0 bridgehead atoms. The van der Waals surface area contributed by atoms with Gasteiger partial charge in [0.15, 0.2) is 5.96 Å². The highest BCUT2D eigenvalue weighted by Gasteiger charge is 2.24. The number of para-hydroxylation sites is 1. The molecule has 1 unspecified atom stereocenters. The molecule has 7 heteroatoms. The van der Waals surface area contributed by atoms with Crippen LogP contribution in [0, 0.1) is 0 Å². The molecule has 2 heterocycles. The van der Waals surface area contributed by atoms with Gasteiger partial charge >= 0.3 is 0 Å². The van der Waals surface area contributed by atoms with Gasteiger partial charge in [0.1, 0.15) is 12.4 Å². The van der Waals surface area contributed by atoms with Gasteiger partial charge in [0.25, 0.3) is 0 Å². The summed E-state index contributed by atoms with van der Waals surface area (Å²) in [5, 5.41) is 3.43. The largest absolute Gasteiger partial charge is 0.491 e. The van der Waals surface area contributed by atoms with E-state index in [0.29, 0.717) is 31.3 Å². The quantitative estimate of drug-likeness (QED) is 0.215. The van der Waals surface area contributed by atoms with E-state index in [4.69, 9.17) is 19.2 Å². The van der Waals surface area contributed by atoms with Crippen LogP contribution in [-0.4, -0.2) is 69.1 Å². The molecule has 0 saturated carbocycles. The molecule has 0 amide bonds. The Morgan fingerprint density at radius 2 is 2.00 bits per heavy atom. The molecule has 2 fully saturated rings. The van der Waals surface area contributed by atoms with Crippen molar-refractivity contribution in [1.82, 2.24) is 10.2 Å². The summed E-state index contributed by atoms with van der Waals surface area (Å²) in [6, 6.07) is 8.28. The topological polar surface area (TPSA) is 55.3 Å². The first-order valence-electron chi connectivity index (χ1n) is 11.7. The third-order valence-corrected chi connectivity index (χ3v) is 5.77. The number of hydrogen-bond acceptors (Lipinski definition) is 4. The molecule has 6 nitrogen and oxygen atoms in total.